The molecule has 1 amide bonds. The van der Waals surface area contributed by atoms with Crippen molar-refractivity contribution >= 4 is 5.91 Å². The summed E-state index contributed by atoms with van der Waals surface area (Å²) in [5.74, 6) is 1.94. The van der Waals surface area contributed by atoms with Gasteiger partial charge in [0, 0.05) is 46.1 Å². The molecule has 0 N–H and O–H groups in total. The van der Waals surface area contributed by atoms with Gasteiger partial charge in [-0.15, -0.1) is 0 Å². The van der Waals surface area contributed by atoms with Gasteiger partial charge in [0.1, 0.15) is 17.1 Å². The van der Waals surface area contributed by atoms with Crippen molar-refractivity contribution in [2.45, 2.75) is 38.8 Å². The fourth-order valence-corrected chi connectivity index (χ4v) is 4.83. The Kier molecular flexibility index (Phi) is 5.30. The van der Waals surface area contributed by atoms with E-state index in [1.807, 2.05) is 31.0 Å². The highest BCUT2D eigenvalue weighted by molar-refractivity contribution is 5.88. The van der Waals surface area contributed by atoms with E-state index in [2.05, 4.69) is 41.0 Å². The first-order valence-corrected chi connectivity index (χ1v) is 10.4. The number of aryl methyl sites for hydroxylation is 1. The molecule has 1 aromatic carbocycles. The molecule has 1 aliphatic heterocycles. The van der Waals surface area contributed by atoms with Crippen LogP contribution in [0.15, 0.2) is 40.8 Å². The molecule has 5 nitrogen and oxygen atoms in total. The maximum absolute atomic E-state index is 13.8. The lowest BCUT2D eigenvalue weighted by molar-refractivity contribution is -0.145. The number of piperazine rings is 1. The molecule has 0 saturated carbocycles. The Morgan fingerprint density at radius 2 is 1.71 bits per heavy atom. The van der Waals surface area contributed by atoms with Crippen LogP contribution in [0.3, 0.4) is 0 Å². The topological polar surface area (TPSA) is 39.9 Å². The molecular formula is C23H31N3O2. The molecule has 1 aromatic heterocycles. The normalized spacial score (nSPS) is 19.5. The average Bonchev–Trinajstić information content (AvgIpc) is 3.31. The van der Waals surface area contributed by atoms with Gasteiger partial charge in [0.15, 0.2) is 0 Å². The van der Waals surface area contributed by atoms with Gasteiger partial charge in [0.2, 0.25) is 5.91 Å². The second kappa shape index (κ2) is 7.72. The maximum Gasteiger partial charge on any atom is 0.243 e. The Bertz CT molecular complexity index is 811. The average molecular weight is 382 g/mol. The van der Waals surface area contributed by atoms with E-state index in [4.69, 9.17) is 4.42 Å². The lowest BCUT2D eigenvalue weighted by Crippen LogP contribution is -2.64. The van der Waals surface area contributed by atoms with Gasteiger partial charge in [0.05, 0.1) is 6.54 Å². The fraction of sp³-hybridized carbons (Fsp3) is 0.522. The van der Waals surface area contributed by atoms with E-state index in [1.54, 1.807) is 0 Å². The number of rotatable bonds is 5. The van der Waals surface area contributed by atoms with Gasteiger partial charge in [-0.25, -0.2) is 0 Å². The van der Waals surface area contributed by atoms with Crippen LogP contribution in [0.5, 0.6) is 0 Å². The number of carbonyl (C=O) groups excluding carboxylic acids is 1. The molecule has 1 saturated heterocycles. The van der Waals surface area contributed by atoms with Gasteiger partial charge in [-0.1, -0.05) is 31.2 Å². The van der Waals surface area contributed by atoms with E-state index < -0.39 is 5.54 Å². The SMILES string of the molecule is CCN1CCN(C2(C(=O)N(C)Cc3ccc(C)o3)Cc3ccccc3C2)CC1. The largest absolute Gasteiger partial charge is 0.464 e. The summed E-state index contributed by atoms with van der Waals surface area (Å²) in [4.78, 5) is 20.6. The number of amides is 1. The lowest BCUT2D eigenvalue weighted by Gasteiger charge is -2.46. The number of carbonyl (C=O) groups is 1. The highest BCUT2D eigenvalue weighted by Crippen LogP contribution is 2.37. The number of likely N-dealkylation sites (N-methyl/N-ethyl adjacent to an activating group) is 2. The number of hydrogen-bond acceptors (Lipinski definition) is 4. The molecule has 5 heteroatoms. The Hall–Kier alpha value is -2.11. The highest BCUT2D eigenvalue weighted by Gasteiger charge is 2.50. The summed E-state index contributed by atoms with van der Waals surface area (Å²) in [5, 5.41) is 0. The second-order valence-corrected chi connectivity index (χ2v) is 8.25. The fourth-order valence-electron chi connectivity index (χ4n) is 4.83. The number of furan rings is 1. The van der Waals surface area contributed by atoms with Crippen LogP contribution in [0.4, 0.5) is 0 Å². The molecule has 2 heterocycles. The summed E-state index contributed by atoms with van der Waals surface area (Å²) >= 11 is 0. The minimum atomic E-state index is -0.472. The second-order valence-electron chi connectivity index (χ2n) is 8.25. The maximum atomic E-state index is 13.8. The first kappa shape index (κ1) is 19.2. The van der Waals surface area contributed by atoms with Crippen molar-refractivity contribution in [1.82, 2.24) is 14.7 Å². The third kappa shape index (κ3) is 3.49. The summed E-state index contributed by atoms with van der Waals surface area (Å²) < 4.78 is 5.72. The quantitative estimate of drug-likeness (QED) is 0.798. The van der Waals surface area contributed by atoms with Crippen molar-refractivity contribution in [2.24, 2.45) is 0 Å². The summed E-state index contributed by atoms with van der Waals surface area (Å²) in [5.41, 5.74) is 2.16. The lowest BCUT2D eigenvalue weighted by atomic mass is 9.90. The van der Waals surface area contributed by atoms with E-state index in [0.717, 1.165) is 57.1 Å². The molecule has 4 rings (SSSR count). The number of nitrogens with zero attached hydrogens (tertiary/aromatic N) is 3. The molecule has 0 atom stereocenters. The molecule has 0 spiro atoms. The summed E-state index contributed by atoms with van der Waals surface area (Å²) in [7, 11) is 1.91. The molecule has 0 radical (unpaired) electrons. The molecule has 1 aliphatic carbocycles. The van der Waals surface area contributed by atoms with Crippen LogP contribution in [0, 0.1) is 6.92 Å². The summed E-state index contributed by atoms with van der Waals surface area (Å²) in [6.45, 7) is 9.69. The molecule has 0 unspecified atom stereocenters. The van der Waals surface area contributed by atoms with Crippen LogP contribution < -0.4 is 0 Å². The third-order valence-corrected chi connectivity index (χ3v) is 6.44. The van der Waals surface area contributed by atoms with Crippen LogP contribution >= 0.6 is 0 Å². The predicted molar refractivity (Wildman–Crippen MR) is 110 cm³/mol. The van der Waals surface area contributed by atoms with E-state index >= 15 is 0 Å². The zero-order chi connectivity index (χ0) is 19.7. The van der Waals surface area contributed by atoms with E-state index in [1.165, 1.54) is 11.1 Å². The van der Waals surface area contributed by atoms with Crippen LogP contribution in [-0.4, -0.2) is 65.9 Å². The molecule has 0 bridgehead atoms. The van der Waals surface area contributed by atoms with Crippen LogP contribution in [-0.2, 0) is 24.2 Å². The summed E-state index contributed by atoms with van der Waals surface area (Å²) in [6, 6.07) is 12.5. The van der Waals surface area contributed by atoms with Gasteiger partial charge < -0.3 is 14.2 Å². The Morgan fingerprint density at radius 3 is 2.25 bits per heavy atom. The summed E-state index contributed by atoms with van der Waals surface area (Å²) in [6.07, 6.45) is 1.60. The highest BCUT2D eigenvalue weighted by atomic mass is 16.3. The van der Waals surface area contributed by atoms with Gasteiger partial charge in [-0.2, -0.15) is 0 Å². The van der Waals surface area contributed by atoms with Crippen molar-refractivity contribution in [1.29, 1.82) is 0 Å². The van der Waals surface area contributed by atoms with Crippen LogP contribution in [0.2, 0.25) is 0 Å². The van der Waals surface area contributed by atoms with Crippen molar-refractivity contribution in [3.8, 4) is 0 Å². The van der Waals surface area contributed by atoms with E-state index in [0.29, 0.717) is 6.54 Å². The van der Waals surface area contributed by atoms with E-state index in [-0.39, 0.29) is 5.91 Å². The molecule has 150 valence electrons. The minimum Gasteiger partial charge on any atom is -0.464 e. The first-order valence-electron chi connectivity index (χ1n) is 10.4. The van der Waals surface area contributed by atoms with Crippen LogP contribution in [0.25, 0.3) is 0 Å². The zero-order valence-electron chi connectivity index (χ0n) is 17.3. The van der Waals surface area contributed by atoms with Crippen molar-refractivity contribution < 1.29 is 9.21 Å². The van der Waals surface area contributed by atoms with Gasteiger partial charge in [-0.05, 0) is 36.7 Å². The van der Waals surface area contributed by atoms with Gasteiger partial charge in [0.25, 0.3) is 0 Å². The number of fused-ring (bicyclic) bond motifs is 1. The molecule has 2 aliphatic rings. The Morgan fingerprint density at radius 1 is 1.07 bits per heavy atom. The Balaban J connectivity index is 1.59. The zero-order valence-corrected chi connectivity index (χ0v) is 17.3. The standard InChI is InChI=1S/C23H31N3O2/c1-4-25-11-13-26(14-12-25)23(15-19-7-5-6-8-20(19)16-23)22(27)24(3)17-21-10-9-18(2)28-21/h5-10H,4,11-17H2,1-3H3. The molecule has 1 fully saturated rings. The number of benzene rings is 1. The van der Waals surface area contributed by atoms with E-state index in [9.17, 15) is 4.79 Å². The Labute approximate surface area is 167 Å². The van der Waals surface area contributed by atoms with Gasteiger partial charge in [-0.3, -0.25) is 9.69 Å². The van der Waals surface area contributed by atoms with Crippen molar-refractivity contribution in [3.63, 3.8) is 0 Å². The van der Waals surface area contributed by atoms with Gasteiger partial charge >= 0.3 is 0 Å². The molecule has 28 heavy (non-hydrogen) atoms. The van der Waals surface area contributed by atoms with Crippen molar-refractivity contribution in [2.75, 3.05) is 39.8 Å². The first-order chi connectivity index (χ1) is 13.5. The molecular weight excluding hydrogens is 350 g/mol. The predicted octanol–water partition coefficient (Wildman–Crippen LogP) is 2.72. The van der Waals surface area contributed by atoms with Crippen LogP contribution in [0.1, 0.15) is 29.6 Å². The van der Waals surface area contributed by atoms with Crippen molar-refractivity contribution in [3.05, 3.63) is 59.0 Å². The third-order valence-electron chi connectivity index (χ3n) is 6.44. The number of hydrogen-bond donors (Lipinski definition) is 0. The minimum absolute atomic E-state index is 0.211. The smallest absolute Gasteiger partial charge is 0.243 e. The molecule has 2 aromatic rings. The monoisotopic (exact) mass is 381 g/mol.